The van der Waals surface area contributed by atoms with Gasteiger partial charge in [0.1, 0.15) is 0 Å². The first kappa shape index (κ1) is 17.9. The second-order valence-electron chi connectivity index (χ2n) is 6.66. The predicted molar refractivity (Wildman–Crippen MR) is 99.3 cm³/mol. The molecule has 7 heteroatoms. The largest absolute Gasteiger partial charge is 0.365 e. The minimum absolute atomic E-state index is 0.0114. The van der Waals surface area contributed by atoms with E-state index in [9.17, 15) is 4.79 Å². The lowest BCUT2D eigenvalue weighted by atomic mass is 9.76. The molecule has 0 bridgehead atoms. The molecule has 1 aliphatic carbocycles. The zero-order chi connectivity index (χ0) is 18.0. The third kappa shape index (κ3) is 4.19. The molecule has 25 heavy (non-hydrogen) atoms. The third-order valence-corrected chi connectivity index (χ3v) is 4.76. The van der Waals surface area contributed by atoms with Crippen LogP contribution in [0.2, 0.25) is 5.02 Å². The number of hydrogen-bond acceptors (Lipinski definition) is 6. The summed E-state index contributed by atoms with van der Waals surface area (Å²) in [6.45, 7) is 4.29. The molecule has 1 aromatic heterocycles. The molecule has 0 amide bonds. The van der Waals surface area contributed by atoms with Crippen molar-refractivity contribution in [2.24, 2.45) is 10.6 Å². The monoisotopic (exact) mass is 375 g/mol. The van der Waals surface area contributed by atoms with Gasteiger partial charge in [-0.05, 0) is 48.8 Å². The van der Waals surface area contributed by atoms with Crippen molar-refractivity contribution in [1.82, 2.24) is 9.97 Å². The van der Waals surface area contributed by atoms with Crippen molar-refractivity contribution in [3.63, 3.8) is 0 Å². The molecule has 0 unspecified atom stereocenters. The lowest BCUT2D eigenvalue weighted by Gasteiger charge is -2.30. The Morgan fingerprint density at radius 2 is 2.00 bits per heavy atom. The van der Waals surface area contributed by atoms with Crippen LogP contribution in [0, 0.1) is 5.41 Å². The van der Waals surface area contributed by atoms with Crippen molar-refractivity contribution in [3.05, 3.63) is 52.3 Å². The maximum absolute atomic E-state index is 12.2. The fourth-order valence-corrected chi connectivity index (χ4v) is 3.24. The number of thioether (sulfide) groups is 1. The van der Waals surface area contributed by atoms with E-state index in [-0.39, 0.29) is 5.41 Å². The van der Waals surface area contributed by atoms with Crippen LogP contribution in [-0.2, 0) is 11.3 Å². The third-order valence-electron chi connectivity index (χ3n) is 3.95. The molecule has 0 saturated carbocycles. The summed E-state index contributed by atoms with van der Waals surface area (Å²) in [5, 5.41) is 5.41. The molecule has 3 rings (SSSR count). The molecule has 1 heterocycles. The van der Waals surface area contributed by atoms with E-state index in [0.29, 0.717) is 22.7 Å². The molecule has 0 fully saturated rings. The summed E-state index contributed by atoms with van der Waals surface area (Å²) in [5.41, 5.74) is 2.87. The highest BCUT2D eigenvalue weighted by Crippen LogP contribution is 2.34. The fourth-order valence-electron chi connectivity index (χ4n) is 2.75. The van der Waals surface area contributed by atoms with E-state index in [1.165, 1.54) is 11.8 Å². The quantitative estimate of drug-likeness (QED) is 0.344. The van der Waals surface area contributed by atoms with Crippen LogP contribution >= 0.6 is 23.4 Å². The van der Waals surface area contributed by atoms with Gasteiger partial charge < -0.3 is 4.84 Å². The van der Waals surface area contributed by atoms with Crippen molar-refractivity contribution < 1.29 is 9.63 Å². The molecule has 0 spiro atoms. The van der Waals surface area contributed by atoms with Crippen LogP contribution < -0.4 is 0 Å². The Labute approximate surface area is 155 Å². The number of halogens is 1. The second kappa shape index (κ2) is 7.14. The van der Waals surface area contributed by atoms with Gasteiger partial charge in [-0.25, -0.2) is 14.8 Å². The predicted octanol–water partition coefficient (Wildman–Crippen LogP) is 4.39. The Balaban J connectivity index is 1.87. The lowest BCUT2D eigenvalue weighted by molar-refractivity contribution is 0.0514. The van der Waals surface area contributed by atoms with Gasteiger partial charge in [-0.1, -0.05) is 42.4 Å². The van der Waals surface area contributed by atoms with E-state index in [0.717, 1.165) is 22.8 Å². The van der Waals surface area contributed by atoms with Crippen molar-refractivity contribution in [1.29, 1.82) is 0 Å². The summed E-state index contributed by atoms with van der Waals surface area (Å²) in [6.07, 6.45) is 5.23. The average molecular weight is 376 g/mol. The van der Waals surface area contributed by atoms with E-state index >= 15 is 0 Å². The minimum atomic E-state index is -0.518. The summed E-state index contributed by atoms with van der Waals surface area (Å²) in [5.74, 6) is -0.518. The molecular weight excluding hydrogens is 358 g/mol. The highest BCUT2D eigenvalue weighted by molar-refractivity contribution is 7.98. The summed E-state index contributed by atoms with van der Waals surface area (Å²) in [7, 11) is 0. The van der Waals surface area contributed by atoms with Crippen LogP contribution in [0.15, 0.2) is 40.8 Å². The Kier molecular flexibility index (Phi) is 5.11. The molecule has 0 aliphatic heterocycles. The molecule has 5 nitrogen and oxygen atoms in total. The van der Waals surface area contributed by atoms with E-state index in [1.54, 1.807) is 30.5 Å². The van der Waals surface area contributed by atoms with Crippen molar-refractivity contribution in [2.45, 2.75) is 31.8 Å². The summed E-state index contributed by atoms with van der Waals surface area (Å²) < 4.78 is 0. The number of benzene rings is 1. The Morgan fingerprint density at radius 1 is 1.28 bits per heavy atom. The molecule has 0 atom stereocenters. The van der Waals surface area contributed by atoms with Crippen LogP contribution in [-0.4, -0.2) is 27.9 Å². The van der Waals surface area contributed by atoms with Crippen LogP contribution in [0.25, 0.3) is 0 Å². The molecule has 2 aromatic rings. The number of rotatable bonds is 3. The number of nitrogens with zero attached hydrogens (tertiary/aromatic N) is 3. The lowest BCUT2D eigenvalue weighted by Crippen LogP contribution is -2.29. The molecule has 0 N–H and O–H groups in total. The van der Waals surface area contributed by atoms with Crippen molar-refractivity contribution in [3.8, 4) is 0 Å². The highest BCUT2D eigenvalue weighted by atomic mass is 35.5. The summed E-state index contributed by atoms with van der Waals surface area (Å²) >= 11 is 7.33. The van der Waals surface area contributed by atoms with E-state index < -0.39 is 5.97 Å². The van der Waals surface area contributed by atoms with Gasteiger partial charge >= 0.3 is 5.97 Å². The maximum atomic E-state index is 12.2. The number of aromatic nitrogens is 2. The van der Waals surface area contributed by atoms with E-state index in [4.69, 9.17) is 16.4 Å². The summed E-state index contributed by atoms with van der Waals surface area (Å²) in [6, 6.07) is 6.50. The highest BCUT2D eigenvalue weighted by Gasteiger charge is 2.32. The number of hydrogen-bond donors (Lipinski definition) is 0. The SMILES string of the molecule is CSc1ncc2c(n1)CC(C)(C)C/C2=N\OC(=O)c1ccc(Cl)cc1. The van der Waals surface area contributed by atoms with E-state index in [2.05, 4.69) is 29.0 Å². The molecule has 130 valence electrons. The van der Waals surface area contributed by atoms with Gasteiger partial charge in [-0.15, -0.1) is 0 Å². The maximum Gasteiger partial charge on any atom is 0.365 e. The van der Waals surface area contributed by atoms with Gasteiger partial charge in [-0.2, -0.15) is 0 Å². The Bertz CT molecular complexity index is 835. The van der Waals surface area contributed by atoms with Crippen LogP contribution in [0.1, 0.15) is 41.9 Å². The molecular formula is C18H18ClN3O2S. The molecule has 1 aromatic carbocycles. The van der Waals surface area contributed by atoms with Gasteiger partial charge in [0.05, 0.1) is 17.0 Å². The molecule has 0 radical (unpaired) electrons. The van der Waals surface area contributed by atoms with Crippen LogP contribution in [0.5, 0.6) is 0 Å². The Hall–Kier alpha value is -1.92. The zero-order valence-corrected chi connectivity index (χ0v) is 15.8. The number of fused-ring (bicyclic) bond motifs is 1. The van der Waals surface area contributed by atoms with Crippen molar-refractivity contribution >= 4 is 35.0 Å². The molecule has 0 saturated heterocycles. The standard InChI is InChI=1S/C18H18ClN3O2S/c1-18(2)8-14-13(10-20-17(21-14)25-3)15(9-18)22-24-16(23)11-4-6-12(19)7-5-11/h4-7,10H,8-9H2,1-3H3/b22-15+. The van der Waals surface area contributed by atoms with Crippen molar-refractivity contribution in [2.75, 3.05) is 6.26 Å². The average Bonchev–Trinajstić information content (AvgIpc) is 2.58. The topological polar surface area (TPSA) is 64.4 Å². The van der Waals surface area contributed by atoms with Crippen LogP contribution in [0.4, 0.5) is 0 Å². The zero-order valence-electron chi connectivity index (χ0n) is 14.2. The van der Waals surface area contributed by atoms with Gasteiger partial charge in [0.15, 0.2) is 5.16 Å². The van der Waals surface area contributed by atoms with Gasteiger partial charge in [-0.3, -0.25) is 0 Å². The first-order valence-electron chi connectivity index (χ1n) is 7.82. The van der Waals surface area contributed by atoms with Gasteiger partial charge in [0.2, 0.25) is 0 Å². The second-order valence-corrected chi connectivity index (χ2v) is 7.87. The number of carbonyl (C=O) groups excluding carboxylic acids is 1. The summed E-state index contributed by atoms with van der Waals surface area (Å²) in [4.78, 5) is 26.2. The first-order valence-corrected chi connectivity index (χ1v) is 9.42. The smallest absolute Gasteiger partial charge is 0.313 e. The Morgan fingerprint density at radius 3 is 2.68 bits per heavy atom. The van der Waals surface area contributed by atoms with E-state index in [1.807, 2.05) is 6.26 Å². The molecule has 1 aliphatic rings. The normalized spacial score (nSPS) is 17.2. The van der Waals surface area contributed by atoms with Gasteiger partial charge in [0, 0.05) is 16.8 Å². The van der Waals surface area contributed by atoms with Crippen LogP contribution in [0.3, 0.4) is 0 Å². The minimum Gasteiger partial charge on any atom is -0.313 e. The number of carbonyl (C=O) groups is 1. The van der Waals surface area contributed by atoms with Gasteiger partial charge in [0.25, 0.3) is 0 Å². The number of oxime groups is 1. The fraction of sp³-hybridized carbons (Fsp3) is 0.333. The first-order chi connectivity index (χ1) is 11.9.